The van der Waals surface area contributed by atoms with Gasteiger partial charge in [0.1, 0.15) is 5.82 Å². The zero-order chi connectivity index (χ0) is 24.5. The molecule has 0 atom stereocenters. The Balaban J connectivity index is 1.59. The number of piperidine rings is 1. The molecule has 0 radical (unpaired) electrons. The predicted molar refractivity (Wildman–Crippen MR) is 129 cm³/mol. The van der Waals surface area contributed by atoms with Gasteiger partial charge in [-0.15, -0.1) is 0 Å². The average molecular weight is 483 g/mol. The van der Waals surface area contributed by atoms with Crippen LogP contribution in [0.1, 0.15) is 45.8 Å². The van der Waals surface area contributed by atoms with Crippen LogP contribution in [-0.4, -0.2) is 37.3 Å². The molecular weight excluding hydrogens is 455 g/mol. The van der Waals surface area contributed by atoms with Crippen molar-refractivity contribution in [3.63, 3.8) is 0 Å². The molecule has 3 aromatic rings. The summed E-state index contributed by atoms with van der Waals surface area (Å²) in [7, 11) is -4.05. The molecule has 3 N–H and O–H groups in total. The summed E-state index contributed by atoms with van der Waals surface area (Å²) in [6, 6.07) is 13.5. The van der Waals surface area contributed by atoms with Crippen molar-refractivity contribution < 1.29 is 17.6 Å². The minimum atomic E-state index is -4.05. The summed E-state index contributed by atoms with van der Waals surface area (Å²) in [5.74, 6) is -0.255. The number of nitrogens with two attached hydrogens (primary N) is 1. The fourth-order valence-electron chi connectivity index (χ4n) is 4.22. The van der Waals surface area contributed by atoms with Gasteiger partial charge in [-0.2, -0.15) is 0 Å². The van der Waals surface area contributed by atoms with Crippen LogP contribution in [0.3, 0.4) is 0 Å². The Morgan fingerprint density at radius 3 is 2.41 bits per heavy atom. The van der Waals surface area contributed by atoms with Crippen LogP contribution in [0.2, 0.25) is 0 Å². The lowest BCUT2D eigenvalue weighted by atomic mass is 9.89. The Hall–Kier alpha value is -3.30. The molecule has 1 aliphatic heterocycles. The van der Waals surface area contributed by atoms with E-state index in [0.29, 0.717) is 18.8 Å². The molecule has 34 heavy (non-hydrogen) atoms. The summed E-state index contributed by atoms with van der Waals surface area (Å²) in [6.07, 6.45) is 2.77. The second kappa shape index (κ2) is 9.52. The predicted octanol–water partition coefficient (Wildman–Crippen LogP) is 4.25. The van der Waals surface area contributed by atoms with Crippen molar-refractivity contribution in [2.24, 2.45) is 5.14 Å². The number of aromatic nitrogens is 1. The zero-order valence-corrected chi connectivity index (χ0v) is 19.9. The van der Waals surface area contributed by atoms with Crippen LogP contribution in [0.15, 0.2) is 59.8 Å². The van der Waals surface area contributed by atoms with E-state index in [1.54, 1.807) is 17.0 Å². The summed E-state index contributed by atoms with van der Waals surface area (Å²) >= 11 is 0. The SMILES string of the molecule is Cc1cccc(Nc2cc(S(N)(=O)=O)ncc2C(=O)N2CCC(c3ccc(F)cc3)CC2)c1C. The summed E-state index contributed by atoms with van der Waals surface area (Å²) in [6.45, 7) is 4.97. The van der Waals surface area contributed by atoms with Crippen molar-refractivity contribution in [1.29, 1.82) is 0 Å². The van der Waals surface area contributed by atoms with E-state index < -0.39 is 10.0 Å². The number of nitrogens with zero attached hydrogens (tertiary/aromatic N) is 2. The quantitative estimate of drug-likeness (QED) is 0.566. The van der Waals surface area contributed by atoms with E-state index in [1.165, 1.54) is 24.4 Å². The van der Waals surface area contributed by atoms with E-state index in [9.17, 15) is 17.6 Å². The molecule has 1 aromatic heterocycles. The largest absolute Gasteiger partial charge is 0.355 e. The highest BCUT2D eigenvalue weighted by atomic mass is 32.2. The zero-order valence-electron chi connectivity index (χ0n) is 19.1. The van der Waals surface area contributed by atoms with Crippen molar-refractivity contribution in [2.75, 3.05) is 18.4 Å². The van der Waals surface area contributed by atoms with E-state index in [4.69, 9.17) is 5.14 Å². The van der Waals surface area contributed by atoms with Crippen LogP contribution in [0, 0.1) is 19.7 Å². The lowest BCUT2D eigenvalue weighted by Gasteiger charge is -2.32. The van der Waals surface area contributed by atoms with Crippen LogP contribution < -0.4 is 10.5 Å². The number of aryl methyl sites for hydroxylation is 1. The Bertz CT molecular complexity index is 1320. The number of carbonyl (C=O) groups is 1. The molecule has 4 rings (SSSR count). The molecule has 2 aromatic carbocycles. The van der Waals surface area contributed by atoms with Gasteiger partial charge in [-0.3, -0.25) is 4.79 Å². The normalized spacial score (nSPS) is 14.8. The number of pyridine rings is 1. The molecule has 1 amide bonds. The number of sulfonamides is 1. The monoisotopic (exact) mass is 482 g/mol. The van der Waals surface area contributed by atoms with Gasteiger partial charge in [-0.25, -0.2) is 22.9 Å². The van der Waals surface area contributed by atoms with Crippen LogP contribution in [-0.2, 0) is 10.0 Å². The lowest BCUT2D eigenvalue weighted by Crippen LogP contribution is -2.38. The molecular formula is C25H27FN4O3S. The van der Waals surface area contributed by atoms with E-state index in [0.717, 1.165) is 35.2 Å². The van der Waals surface area contributed by atoms with Gasteiger partial charge in [-0.05, 0) is 67.5 Å². The van der Waals surface area contributed by atoms with Gasteiger partial charge in [0.2, 0.25) is 0 Å². The van der Waals surface area contributed by atoms with E-state index in [1.807, 2.05) is 32.0 Å². The molecule has 0 aliphatic carbocycles. The molecule has 1 aliphatic rings. The first-order valence-corrected chi connectivity index (χ1v) is 12.6. The Labute approximate surface area is 198 Å². The summed E-state index contributed by atoms with van der Waals surface area (Å²) in [4.78, 5) is 19.1. The van der Waals surface area contributed by atoms with Gasteiger partial charge >= 0.3 is 0 Å². The Morgan fingerprint density at radius 1 is 1.09 bits per heavy atom. The number of amides is 1. The van der Waals surface area contributed by atoms with E-state index in [2.05, 4.69) is 10.3 Å². The second-order valence-corrected chi connectivity index (χ2v) is 10.1. The number of primary sulfonamides is 1. The van der Waals surface area contributed by atoms with Crippen molar-refractivity contribution in [3.8, 4) is 0 Å². The van der Waals surface area contributed by atoms with Crippen molar-refractivity contribution in [3.05, 3.63) is 82.8 Å². The number of carbonyl (C=O) groups excluding carboxylic acids is 1. The van der Waals surface area contributed by atoms with Gasteiger partial charge in [-0.1, -0.05) is 24.3 Å². The Kier molecular flexibility index (Phi) is 6.67. The number of rotatable bonds is 5. The molecule has 2 heterocycles. The van der Waals surface area contributed by atoms with Gasteiger partial charge in [0.15, 0.2) is 5.03 Å². The maximum atomic E-state index is 13.4. The fourth-order valence-corrected chi connectivity index (χ4v) is 4.70. The number of halogens is 1. The number of hydrogen-bond acceptors (Lipinski definition) is 5. The molecule has 7 nitrogen and oxygen atoms in total. The third-order valence-corrected chi connectivity index (χ3v) is 7.20. The number of likely N-dealkylation sites (tertiary alicyclic amines) is 1. The number of anilines is 2. The first-order valence-electron chi connectivity index (χ1n) is 11.0. The summed E-state index contributed by atoms with van der Waals surface area (Å²) in [5, 5.41) is 8.18. The lowest BCUT2D eigenvalue weighted by molar-refractivity contribution is 0.0713. The number of hydrogen-bond donors (Lipinski definition) is 2. The molecule has 0 spiro atoms. The second-order valence-electron chi connectivity index (χ2n) is 8.60. The number of nitrogens with one attached hydrogen (secondary N) is 1. The van der Waals surface area contributed by atoms with Crippen LogP contribution >= 0.6 is 0 Å². The van der Waals surface area contributed by atoms with Crippen molar-refractivity contribution >= 4 is 27.3 Å². The maximum absolute atomic E-state index is 13.4. The van der Waals surface area contributed by atoms with Gasteiger partial charge in [0, 0.05) is 31.0 Å². The topological polar surface area (TPSA) is 105 Å². The fraction of sp³-hybridized carbons (Fsp3) is 0.280. The molecule has 0 unspecified atom stereocenters. The molecule has 9 heteroatoms. The highest BCUT2D eigenvalue weighted by molar-refractivity contribution is 7.89. The smallest absolute Gasteiger partial charge is 0.257 e. The van der Waals surface area contributed by atoms with Gasteiger partial charge in [0.25, 0.3) is 15.9 Å². The van der Waals surface area contributed by atoms with Gasteiger partial charge in [0.05, 0.1) is 11.3 Å². The van der Waals surface area contributed by atoms with Crippen molar-refractivity contribution in [2.45, 2.75) is 37.6 Å². The minimum Gasteiger partial charge on any atom is -0.355 e. The third-order valence-electron chi connectivity index (χ3n) is 6.40. The number of benzene rings is 2. The van der Waals surface area contributed by atoms with Crippen LogP contribution in [0.5, 0.6) is 0 Å². The van der Waals surface area contributed by atoms with Crippen molar-refractivity contribution in [1.82, 2.24) is 9.88 Å². The van der Waals surface area contributed by atoms with Gasteiger partial charge < -0.3 is 10.2 Å². The molecule has 0 bridgehead atoms. The average Bonchev–Trinajstić information content (AvgIpc) is 2.81. The van der Waals surface area contributed by atoms with E-state index in [-0.39, 0.29) is 28.2 Å². The maximum Gasteiger partial charge on any atom is 0.257 e. The molecule has 1 saturated heterocycles. The molecule has 1 fully saturated rings. The van der Waals surface area contributed by atoms with Crippen LogP contribution in [0.25, 0.3) is 0 Å². The highest BCUT2D eigenvalue weighted by Crippen LogP contribution is 2.31. The highest BCUT2D eigenvalue weighted by Gasteiger charge is 2.27. The Morgan fingerprint density at radius 2 is 1.76 bits per heavy atom. The first-order chi connectivity index (χ1) is 16.1. The standard InChI is InChI=1S/C25H27FN4O3S/c1-16-4-3-5-22(17(16)2)29-23-14-24(34(27,32)33)28-15-21(23)25(31)30-12-10-19(11-13-30)18-6-8-20(26)9-7-18/h3-9,14-15,19H,10-13H2,1-2H3,(H,28,29)(H2,27,32,33). The van der Waals surface area contributed by atoms with E-state index >= 15 is 0 Å². The minimum absolute atomic E-state index is 0.237. The molecule has 0 saturated carbocycles. The summed E-state index contributed by atoms with van der Waals surface area (Å²) in [5.41, 5.74) is 4.46. The third kappa shape index (κ3) is 5.10. The first kappa shape index (κ1) is 23.8. The molecule has 178 valence electrons. The van der Waals surface area contributed by atoms with Crippen LogP contribution in [0.4, 0.5) is 15.8 Å². The summed E-state index contributed by atoms with van der Waals surface area (Å²) < 4.78 is 37.0.